The van der Waals surface area contributed by atoms with E-state index in [1.54, 1.807) is 24.3 Å². The number of para-hydroxylation sites is 2. The molecule has 0 radical (unpaired) electrons. The van der Waals surface area contributed by atoms with Crippen molar-refractivity contribution in [3.05, 3.63) is 54.2 Å². The number of hydrogen-bond donors (Lipinski definition) is 1. The average Bonchev–Trinajstić information content (AvgIpc) is 3.28. The predicted octanol–water partition coefficient (Wildman–Crippen LogP) is 2.80. The zero-order valence-corrected chi connectivity index (χ0v) is 14.7. The Morgan fingerprint density at radius 2 is 2.04 bits per heavy atom. The Bertz CT molecular complexity index is 953. The van der Waals surface area contributed by atoms with Crippen LogP contribution in [0.3, 0.4) is 0 Å². The minimum absolute atomic E-state index is 0.0652. The Kier molecular flexibility index (Phi) is 5.20. The lowest BCUT2D eigenvalue weighted by molar-refractivity contribution is -0.132. The van der Waals surface area contributed by atoms with E-state index in [1.165, 1.54) is 37.5 Å². The van der Waals surface area contributed by atoms with Gasteiger partial charge in [0.1, 0.15) is 18.1 Å². The van der Waals surface area contributed by atoms with Crippen LogP contribution in [-0.2, 0) is 11.3 Å². The lowest BCUT2D eigenvalue weighted by Crippen LogP contribution is -2.45. The van der Waals surface area contributed by atoms with Crippen LogP contribution in [0.1, 0.15) is 29.7 Å². The fraction of sp³-hybridized carbons (Fsp3) is 0.278. The van der Waals surface area contributed by atoms with Crippen molar-refractivity contribution in [3.63, 3.8) is 0 Å². The molecule has 9 heteroatoms. The molecule has 0 saturated carbocycles. The molecule has 2 aromatic heterocycles. The highest BCUT2D eigenvalue weighted by atomic mass is 19.3. The highest BCUT2D eigenvalue weighted by molar-refractivity contribution is 5.97. The van der Waals surface area contributed by atoms with Gasteiger partial charge in [0.05, 0.1) is 29.4 Å². The van der Waals surface area contributed by atoms with Crippen LogP contribution < -0.4 is 5.32 Å². The second-order valence-electron chi connectivity index (χ2n) is 6.07. The Hall–Kier alpha value is -3.23. The number of rotatable bonds is 6. The Morgan fingerprint density at radius 1 is 1.30 bits per heavy atom. The number of amides is 2. The Labute approximate surface area is 153 Å². The largest absolute Gasteiger partial charge is 0.472 e. The molecule has 0 aliphatic rings. The van der Waals surface area contributed by atoms with Gasteiger partial charge in [0.2, 0.25) is 5.91 Å². The Morgan fingerprint density at radius 3 is 2.70 bits per heavy atom. The van der Waals surface area contributed by atoms with Crippen LogP contribution >= 0.6 is 0 Å². The topological polar surface area (TPSA) is 80.4 Å². The summed E-state index contributed by atoms with van der Waals surface area (Å²) in [5, 5.41) is 2.55. The summed E-state index contributed by atoms with van der Waals surface area (Å²) in [6.45, 7) is -1.38. The van der Waals surface area contributed by atoms with Gasteiger partial charge in [-0.1, -0.05) is 12.1 Å². The number of imidazole rings is 1. The van der Waals surface area contributed by atoms with Gasteiger partial charge in [0, 0.05) is 7.05 Å². The number of nitrogens with zero attached hydrogens (tertiary/aromatic N) is 3. The van der Waals surface area contributed by atoms with Gasteiger partial charge in [-0.15, -0.1) is 0 Å². The summed E-state index contributed by atoms with van der Waals surface area (Å²) in [4.78, 5) is 30.0. The summed E-state index contributed by atoms with van der Waals surface area (Å²) in [6, 6.07) is 7.16. The smallest absolute Gasteiger partial charge is 0.320 e. The van der Waals surface area contributed by atoms with Gasteiger partial charge >= 0.3 is 6.55 Å². The van der Waals surface area contributed by atoms with Crippen LogP contribution in [0.5, 0.6) is 0 Å². The van der Waals surface area contributed by atoms with Gasteiger partial charge in [-0.05, 0) is 25.1 Å². The first kappa shape index (κ1) is 18.6. The summed E-state index contributed by atoms with van der Waals surface area (Å²) in [5.41, 5.74) is 1.01. The number of fused-ring (bicyclic) bond motifs is 1. The standard InChI is InChI=1S/C18H18F2N4O3/c1-11(21-16(25)12-7-8-27-10-12)17(26)23(2)9-15-22-13-5-3-4-6-14(13)24(15)18(19)20/h3-8,10-11,18H,9H2,1-2H3,(H,21,25). The number of furan rings is 1. The van der Waals surface area contributed by atoms with E-state index in [0.29, 0.717) is 11.0 Å². The van der Waals surface area contributed by atoms with E-state index in [9.17, 15) is 18.4 Å². The van der Waals surface area contributed by atoms with Crippen LogP contribution in [0.25, 0.3) is 11.0 Å². The second-order valence-corrected chi connectivity index (χ2v) is 6.07. The minimum Gasteiger partial charge on any atom is -0.472 e. The normalized spacial score (nSPS) is 12.3. The number of alkyl halides is 2. The number of carbonyl (C=O) groups is 2. The maximum Gasteiger partial charge on any atom is 0.320 e. The fourth-order valence-corrected chi connectivity index (χ4v) is 2.78. The molecule has 7 nitrogen and oxygen atoms in total. The number of likely N-dealkylation sites (N-methyl/N-ethyl adjacent to an activating group) is 1. The SMILES string of the molecule is CC(NC(=O)c1ccoc1)C(=O)N(C)Cc1nc2ccccc2n1C(F)F. The van der Waals surface area contributed by atoms with Crippen LogP contribution in [0, 0.1) is 0 Å². The van der Waals surface area contributed by atoms with Crippen molar-refractivity contribution in [2.45, 2.75) is 26.1 Å². The molecule has 0 spiro atoms. The molecule has 142 valence electrons. The van der Waals surface area contributed by atoms with Crippen molar-refractivity contribution >= 4 is 22.8 Å². The Balaban J connectivity index is 1.73. The minimum atomic E-state index is -2.78. The summed E-state index contributed by atoms with van der Waals surface area (Å²) in [7, 11) is 1.47. The maximum absolute atomic E-state index is 13.5. The first-order valence-corrected chi connectivity index (χ1v) is 8.20. The number of halogens is 2. The number of carbonyl (C=O) groups excluding carboxylic acids is 2. The number of aromatic nitrogens is 2. The summed E-state index contributed by atoms with van der Waals surface area (Å²) in [6.07, 6.45) is 2.61. The van der Waals surface area contributed by atoms with Gasteiger partial charge in [-0.25, -0.2) is 4.98 Å². The molecule has 2 heterocycles. The molecule has 1 aromatic carbocycles. The first-order chi connectivity index (χ1) is 12.9. The highest BCUT2D eigenvalue weighted by Gasteiger charge is 2.24. The van der Waals surface area contributed by atoms with Gasteiger partial charge in [-0.3, -0.25) is 14.2 Å². The molecule has 3 aromatic rings. The molecule has 0 fully saturated rings. The number of nitrogens with one attached hydrogen (secondary N) is 1. The predicted molar refractivity (Wildman–Crippen MR) is 93.1 cm³/mol. The van der Waals surface area contributed by atoms with Crippen LogP contribution in [0.15, 0.2) is 47.3 Å². The van der Waals surface area contributed by atoms with Gasteiger partial charge < -0.3 is 14.6 Å². The third kappa shape index (κ3) is 3.81. The van der Waals surface area contributed by atoms with E-state index in [0.717, 1.165) is 4.57 Å². The average molecular weight is 376 g/mol. The van der Waals surface area contributed by atoms with Gasteiger partial charge in [-0.2, -0.15) is 8.78 Å². The molecule has 0 bridgehead atoms. The molecule has 1 unspecified atom stereocenters. The molecule has 0 aliphatic carbocycles. The van der Waals surface area contributed by atoms with E-state index in [1.807, 2.05) is 0 Å². The summed E-state index contributed by atoms with van der Waals surface area (Å²) < 4.78 is 32.6. The van der Waals surface area contributed by atoms with Crippen molar-refractivity contribution in [2.24, 2.45) is 0 Å². The molecule has 27 heavy (non-hydrogen) atoms. The van der Waals surface area contributed by atoms with E-state index in [2.05, 4.69) is 10.3 Å². The highest BCUT2D eigenvalue weighted by Crippen LogP contribution is 2.23. The third-order valence-corrected chi connectivity index (χ3v) is 4.12. The maximum atomic E-state index is 13.5. The molecular formula is C18H18F2N4O3. The van der Waals surface area contributed by atoms with Gasteiger partial charge in [0.25, 0.3) is 5.91 Å². The summed E-state index contributed by atoms with van der Waals surface area (Å²) in [5.74, 6) is -0.826. The molecule has 1 atom stereocenters. The fourth-order valence-electron chi connectivity index (χ4n) is 2.78. The molecule has 0 saturated heterocycles. The second kappa shape index (κ2) is 7.56. The van der Waals surface area contributed by atoms with E-state index < -0.39 is 24.4 Å². The van der Waals surface area contributed by atoms with Crippen LogP contribution in [-0.4, -0.2) is 39.4 Å². The monoisotopic (exact) mass is 376 g/mol. The number of hydrogen-bond acceptors (Lipinski definition) is 4. The van der Waals surface area contributed by atoms with Crippen molar-refractivity contribution in [2.75, 3.05) is 7.05 Å². The van der Waals surface area contributed by atoms with Crippen molar-refractivity contribution < 1.29 is 22.8 Å². The quantitative estimate of drug-likeness (QED) is 0.717. The third-order valence-electron chi connectivity index (χ3n) is 4.12. The molecule has 2 amide bonds. The molecular weight excluding hydrogens is 358 g/mol. The van der Waals surface area contributed by atoms with Crippen molar-refractivity contribution in [1.82, 2.24) is 19.8 Å². The molecule has 0 aliphatic heterocycles. The van der Waals surface area contributed by atoms with Gasteiger partial charge in [0.15, 0.2) is 0 Å². The lowest BCUT2D eigenvalue weighted by Gasteiger charge is -2.22. The molecule has 1 N–H and O–H groups in total. The zero-order chi connectivity index (χ0) is 19.6. The van der Waals surface area contributed by atoms with E-state index >= 15 is 0 Å². The zero-order valence-electron chi connectivity index (χ0n) is 14.7. The van der Waals surface area contributed by atoms with E-state index in [4.69, 9.17) is 4.42 Å². The molecule has 3 rings (SSSR count). The number of benzene rings is 1. The van der Waals surface area contributed by atoms with Crippen molar-refractivity contribution in [3.8, 4) is 0 Å². The summed E-state index contributed by atoms with van der Waals surface area (Å²) >= 11 is 0. The van der Waals surface area contributed by atoms with E-state index in [-0.39, 0.29) is 17.9 Å². The van der Waals surface area contributed by atoms with Crippen LogP contribution in [0.4, 0.5) is 8.78 Å². The van der Waals surface area contributed by atoms with Crippen molar-refractivity contribution in [1.29, 1.82) is 0 Å². The first-order valence-electron chi connectivity index (χ1n) is 8.20. The van der Waals surface area contributed by atoms with Crippen LogP contribution in [0.2, 0.25) is 0 Å². The lowest BCUT2D eigenvalue weighted by atomic mass is 10.2.